The van der Waals surface area contributed by atoms with E-state index in [1.807, 2.05) is 0 Å². The van der Waals surface area contributed by atoms with Crippen molar-refractivity contribution >= 4 is 5.97 Å². The van der Waals surface area contributed by atoms with Gasteiger partial charge in [0.05, 0.1) is 12.7 Å². The molecule has 6 heteroatoms. The lowest BCUT2D eigenvalue weighted by atomic mass is 10.1. The number of hydrogen-bond acceptors (Lipinski definition) is 5. The summed E-state index contributed by atoms with van der Waals surface area (Å²) in [6, 6.07) is 0. The zero-order valence-corrected chi connectivity index (χ0v) is 6.29. The summed E-state index contributed by atoms with van der Waals surface area (Å²) in [5.74, 6) is -1.47. The minimum absolute atomic E-state index is 0.503. The van der Waals surface area contributed by atoms with Crippen molar-refractivity contribution in [3.8, 4) is 0 Å². The average Bonchev–Trinajstić information content (AvgIpc) is 2.02. The number of carbonyl (C=O) groups is 1. The van der Waals surface area contributed by atoms with Gasteiger partial charge >= 0.3 is 5.97 Å². The Morgan fingerprint density at radius 1 is 1.17 bits per heavy atom. The van der Waals surface area contributed by atoms with Crippen LogP contribution in [0.3, 0.4) is 0 Å². The molecule has 0 aliphatic carbocycles. The number of carboxylic acids is 1. The molecule has 72 valence electrons. The van der Waals surface area contributed by atoms with Gasteiger partial charge in [0.2, 0.25) is 0 Å². The fraction of sp³-hybridized carbons (Fsp3) is 0.833. The fourth-order valence-corrected chi connectivity index (χ4v) is 0.608. The Kier molecular flexibility index (Phi) is 4.75. The van der Waals surface area contributed by atoms with Crippen molar-refractivity contribution in [1.82, 2.24) is 0 Å². The molecule has 0 heterocycles. The molecule has 0 saturated carbocycles. The van der Waals surface area contributed by atoms with Gasteiger partial charge in [-0.1, -0.05) is 0 Å². The molecule has 0 aliphatic heterocycles. The minimum Gasteiger partial charge on any atom is -0.479 e. The van der Waals surface area contributed by atoms with E-state index in [0.29, 0.717) is 0 Å². The molecular formula is C6H12O6. The van der Waals surface area contributed by atoms with Gasteiger partial charge in [0.25, 0.3) is 0 Å². The van der Waals surface area contributed by atoms with Crippen molar-refractivity contribution in [1.29, 1.82) is 0 Å². The predicted octanol–water partition coefficient (Wildman–Crippen LogP) is -2.46. The second-order valence-electron chi connectivity index (χ2n) is 2.41. The number of rotatable bonds is 5. The minimum atomic E-state index is -1.72. The monoisotopic (exact) mass is 180 g/mol. The van der Waals surface area contributed by atoms with Crippen LogP contribution in [-0.4, -0.2) is 56.4 Å². The first-order valence-corrected chi connectivity index (χ1v) is 3.37. The van der Waals surface area contributed by atoms with E-state index in [1.165, 1.54) is 0 Å². The van der Waals surface area contributed by atoms with Gasteiger partial charge in [-0.15, -0.1) is 0 Å². The SMILES string of the molecule is O=C(O)[C@H](O)C[C@H](O)[C@H](O)CO. The summed E-state index contributed by atoms with van der Waals surface area (Å²) in [6.07, 6.45) is -5.07. The van der Waals surface area contributed by atoms with Crippen molar-refractivity contribution in [3.05, 3.63) is 0 Å². The van der Waals surface area contributed by atoms with Crippen LogP contribution in [0.1, 0.15) is 6.42 Å². The van der Waals surface area contributed by atoms with Crippen LogP contribution in [0.25, 0.3) is 0 Å². The van der Waals surface area contributed by atoms with E-state index in [1.54, 1.807) is 0 Å². The van der Waals surface area contributed by atoms with E-state index in [9.17, 15) is 4.79 Å². The quantitative estimate of drug-likeness (QED) is 0.320. The first kappa shape index (κ1) is 11.3. The highest BCUT2D eigenvalue weighted by molar-refractivity contribution is 5.71. The summed E-state index contributed by atoms with van der Waals surface area (Å²) < 4.78 is 0. The van der Waals surface area contributed by atoms with Crippen molar-refractivity contribution in [3.63, 3.8) is 0 Å². The second-order valence-corrected chi connectivity index (χ2v) is 2.41. The Morgan fingerprint density at radius 3 is 2.00 bits per heavy atom. The van der Waals surface area contributed by atoms with Crippen LogP contribution >= 0.6 is 0 Å². The first-order chi connectivity index (χ1) is 5.49. The van der Waals surface area contributed by atoms with Crippen molar-refractivity contribution < 1.29 is 30.3 Å². The molecule has 0 saturated heterocycles. The summed E-state index contributed by atoms with van der Waals surface area (Å²) in [7, 11) is 0. The van der Waals surface area contributed by atoms with Crippen LogP contribution in [-0.2, 0) is 4.79 Å². The third-order valence-electron chi connectivity index (χ3n) is 1.38. The molecule has 0 spiro atoms. The Labute approximate surface area is 68.7 Å². The third kappa shape index (κ3) is 3.63. The number of aliphatic hydroxyl groups excluding tert-OH is 4. The fourth-order valence-electron chi connectivity index (χ4n) is 0.608. The van der Waals surface area contributed by atoms with E-state index < -0.39 is 37.3 Å². The Hall–Kier alpha value is -0.690. The lowest BCUT2D eigenvalue weighted by Gasteiger charge is -2.16. The van der Waals surface area contributed by atoms with Gasteiger partial charge in [-0.25, -0.2) is 4.79 Å². The second kappa shape index (κ2) is 5.04. The number of aliphatic carboxylic acids is 1. The lowest BCUT2D eigenvalue weighted by molar-refractivity contribution is -0.149. The topological polar surface area (TPSA) is 118 Å². The molecule has 0 aromatic carbocycles. The summed E-state index contributed by atoms with van der Waals surface area (Å²) in [5.41, 5.74) is 0. The van der Waals surface area contributed by atoms with Crippen molar-refractivity contribution in [2.24, 2.45) is 0 Å². The molecule has 0 radical (unpaired) electrons. The summed E-state index contributed by atoms with van der Waals surface area (Å²) in [6.45, 7) is -0.673. The van der Waals surface area contributed by atoms with Gasteiger partial charge < -0.3 is 25.5 Å². The van der Waals surface area contributed by atoms with Gasteiger partial charge in [-0.3, -0.25) is 0 Å². The van der Waals surface area contributed by atoms with Crippen LogP contribution in [0.4, 0.5) is 0 Å². The highest BCUT2D eigenvalue weighted by Crippen LogP contribution is 2.02. The maximum Gasteiger partial charge on any atom is 0.332 e. The van der Waals surface area contributed by atoms with E-state index in [-0.39, 0.29) is 0 Å². The number of aliphatic hydroxyl groups is 4. The molecule has 0 aromatic heterocycles. The largest absolute Gasteiger partial charge is 0.479 e. The molecule has 0 fully saturated rings. The normalized spacial score (nSPS) is 18.3. The number of hydrogen-bond donors (Lipinski definition) is 5. The molecule has 3 atom stereocenters. The molecule has 0 bridgehead atoms. The zero-order valence-electron chi connectivity index (χ0n) is 6.29. The van der Waals surface area contributed by atoms with E-state index >= 15 is 0 Å². The maximum absolute atomic E-state index is 10.0. The van der Waals surface area contributed by atoms with Crippen LogP contribution in [0, 0.1) is 0 Å². The van der Waals surface area contributed by atoms with Crippen molar-refractivity contribution in [2.45, 2.75) is 24.7 Å². The standard InChI is InChI=1S/C6H12O6/c7-2-5(10)3(8)1-4(9)6(11)12/h3-5,7-10H,1-2H2,(H,11,12)/t3-,4+,5+/m0/s1. The van der Waals surface area contributed by atoms with Crippen LogP contribution in [0.5, 0.6) is 0 Å². The van der Waals surface area contributed by atoms with Gasteiger partial charge in [0, 0.05) is 6.42 Å². The molecule has 0 amide bonds. The van der Waals surface area contributed by atoms with Crippen LogP contribution in [0.15, 0.2) is 0 Å². The molecule has 6 nitrogen and oxygen atoms in total. The molecule has 5 N–H and O–H groups in total. The lowest BCUT2D eigenvalue weighted by Crippen LogP contribution is -2.35. The molecule has 0 aliphatic rings. The predicted molar refractivity (Wildman–Crippen MR) is 37.4 cm³/mol. The van der Waals surface area contributed by atoms with Gasteiger partial charge in [0.1, 0.15) is 6.10 Å². The highest BCUT2D eigenvalue weighted by atomic mass is 16.4. The Balaban J connectivity index is 3.83. The van der Waals surface area contributed by atoms with Gasteiger partial charge in [0.15, 0.2) is 6.10 Å². The van der Waals surface area contributed by atoms with Crippen LogP contribution in [0.2, 0.25) is 0 Å². The Morgan fingerprint density at radius 2 is 1.67 bits per heavy atom. The maximum atomic E-state index is 10.0. The molecule has 0 unspecified atom stereocenters. The smallest absolute Gasteiger partial charge is 0.332 e. The first-order valence-electron chi connectivity index (χ1n) is 3.37. The van der Waals surface area contributed by atoms with Crippen LogP contribution < -0.4 is 0 Å². The molecule has 0 rings (SSSR count). The third-order valence-corrected chi connectivity index (χ3v) is 1.38. The number of carboxylic acid groups (broad SMARTS) is 1. The van der Waals surface area contributed by atoms with Gasteiger partial charge in [-0.05, 0) is 0 Å². The Bertz CT molecular complexity index is 147. The molecule has 12 heavy (non-hydrogen) atoms. The average molecular weight is 180 g/mol. The van der Waals surface area contributed by atoms with Crippen molar-refractivity contribution in [2.75, 3.05) is 6.61 Å². The highest BCUT2D eigenvalue weighted by Gasteiger charge is 2.23. The molecule has 0 aromatic rings. The zero-order chi connectivity index (χ0) is 9.72. The summed E-state index contributed by atoms with van der Waals surface area (Å²) >= 11 is 0. The van der Waals surface area contributed by atoms with E-state index in [2.05, 4.69) is 0 Å². The summed E-state index contributed by atoms with van der Waals surface area (Å²) in [4.78, 5) is 10.0. The van der Waals surface area contributed by atoms with E-state index in [4.69, 9.17) is 25.5 Å². The molecular weight excluding hydrogens is 168 g/mol. The summed E-state index contributed by atoms with van der Waals surface area (Å²) in [5, 5.41) is 42.8. The van der Waals surface area contributed by atoms with E-state index in [0.717, 1.165) is 0 Å². The van der Waals surface area contributed by atoms with Gasteiger partial charge in [-0.2, -0.15) is 0 Å².